The van der Waals surface area contributed by atoms with Gasteiger partial charge in [0.15, 0.2) is 11.5 Å². The predicted octanol–water partition coefficient (Wildman–Crippen LogP) is 3.51. The highest BCUT2D eigenvalue weighted by molar-refractivity contribution is 9.10. The van der Waals surface area contributed by atoms with Crippen LogP contribution in [0.2, 0.25) is 0 Å². The van der Waals surface area contributed by atoms with Gasteiger partial charge in [-0.3, -0.25) is 0 Å². The van der Waals surface area contributed by atoms with E-state index < -0.39 is 0 Å². The van der Waals surface area contributed by atoms with E-state index in [1.54, 1.807) is 42.6 Å². The minimum Gasteiger partial charge on any atom is -0.493 e. The molecule has 25 heavy (non-hydrogen) atoms. The van der Waals surface area contributed by atoms with E-state index >= 15 is 0 Å². The SMILES string of the molecule is COc1cc(CNn2cnnc2)cc(Br)c1OCc1ccccc1F. The molecule has 6 nitrogen and oxygen atoms in total. The molecule has 8 heteroatoms. The van der Waals surface area contributed by atoms with Crippen LogP contribution in [0.4, 0.5) is 4.39 Å². The van der Waals surface area contributed by atoms with Crippen molar-refractivity contribution in [3.05, 3.63) is 70.5 Å². The monoisotopic (exact) mass is 406 g/mol. The Kier molecular flexibility index (Phi) is 5.49. The first kappa shape index (κ1) is 17.2. The van der Waals surface area contributed by atoms with E-state index in [9.17, 15) is 4.39 Å². The van der Waals surface area contributed by atoms with Gasteiger partial charge in [-0.1, -0.05) is 18.2 Å². The Hall–Kier alpha value is -2.61. The molecule has 3 aromatic rings. The maximum Gasteiger partial charge on any atom is 0.175 e. The van der Waals surface area contributed by atoms with E-state index in [1.807, 2.05) is 12.1 Å². The summed E-state index contributed by atoms with van der Waals surface area (Å²) in [6, 6.07) is 10.3. The normalized spacial score (nSPS) is 10.5. The number of hydrogen-bond acceptors (Lipinski definition) is 5. The number of nitrogens with zero attached hydrogens (tertiary/aromatic N) is 3. The maximum absolute atomic E-state index is 13.7. The lowest BCUT2D eigenvalue weighted by Gasteiger charge is -2.15. The fourth-order valence-electron chi connectivity index (χ4n) is 2.25. The summed E-state index contributed by atoms with van der Waals surface area (Å²) in [5.41, 5.74) is 4.58. The lowest BCUT2D eigenvalue weighted by Crippen LogP contribution is -2.12. The molecule has 0 fully saturated rings. The number of methoxy groups -OCH3 is 1. The number of ether oxygens (including phenoxy) is 2. The van der Waals surface area contributed by atoms with Gasteiger partial charge in [-0.15, -0.1) is 10.2 Å². The Morgan fingerprint density at radius 2 is 1.96 bits per heavy atom. The van der Waals surface area contributed by atoms with Crippen molar-refractivity contribution in [3.63, 3.8) is 0 Å². The third-order valence-corrected chi connectivity index (χ3v) is 4.09. The zero-order chi connectivity index (χ0) is 17.6. The summed E-state index contributed by atoms with van der Waals surface area (Å²) in [6.45, 7) is 0.653. The molecule has 1 N–H and O–H groups in total. The van der Waals surface area contributed by atoms with Crippen molar-refractivity contribution in [2.45, 2.75) is 13.2 Å². The van der Waals surface area contributed by atoms with Gasteiger partial charge in [0.05, 0.1) is 18.1 Å². The van der Waals surface area contributed by atoms with Crippen molar-refractivity contribution in [2.75, 3.05) is 12.5 Å². The molecule has 2 aromatic carbocycles. The van der Waals surface area contributed by atoms with E-state index in [-0.39, 0.29) is 12.4 Å². The summed E-state index contributed by atoms with van der Waals surface area (Å²) in [6.07, 6.45) is 3.14. The first-order valence-electron chi connectivity index (χ1n) is 7.48. The molecular weight excluding hydrogens is 391 g/mol. The van der Waals surface area contributed by atoms with Crippen LogP contribution in [0.5, 0.6) is 11.5 Å². The average molecular weight is 407 g/mol. The molecule has 1 aromatic heterocycles. The summed E-state index contributed by atoms with van der Waals surface area (Å²) < 4.78 is 27.3. The van der Waals surface area contributed by atoms with Crippen LogP contribution in [-0.4, -0.2) is 22.0 Å². The number of aromatic nitrogens is 3. The van der Waals surface area contributed by atoms with Crippen LogP contribution >= 0.6 is 15.9 Å². The molecular formula is C17H16BrFN4O2. The van der Waals surface area contributed by atoms with Crippen LogP contribution < -0.4 is 14.9 Å². The minimum absolute atomic E-state index is 0.111. The highest BCUT2D eigenvalue weighted by atomic mass is 79.9. The highest BCUT2D eigenvalue weighted by Crippen LogP contribution is 2.37. The molecule has 0 amide bonds. The molecule has 0 spiro atoms. The lowest BCUT2D eigenvalue weighted by atomic mass is 10.2. The largest absolute Gasteiger partial charge is 0.493 e. The fourth-order valence-corrected chi connectivity index (χ4v) is 2.85. The van der Waals surface area contributed by atoms with Gasteiger partial charge < -0.3 is 14.9 Å². The Morgan fingerprint density at radius 3 is 2.68 bits per heavy atom. The summed E-state index contributed by atoms with van der Waals surface area (Å²) >= 11 is 3.49. The molecule has 0 atom stereocenters. The minimum atomic E-state index is -0.299. The second-order valence-electron chi connectivity index (χ2n) is 5.19. The number of halogens is 2. The van der Waals surface area contributed by atoms with Gasteiger partial charge in [0, 0.05) is 5.56 Å². The highest BCUT2D eigenvalue weighted by Gasteiger charge is 2.13. The van der Waals surface area contributed by atoms with Gasteiger partial charge >= 0.3 is 0 Å². The van der Waals surface area contributed by atoms with E-state index in [2.05, 4.69) is 31.6 Å². The van der Waals surface area contributed by atoms with Crippen LogP contribution in [0, 0.1) is 5.82 Å². The van der Waals surface area contributed by atoms with Crippen molar-refractivity contribution in [1.82, 2.24) is 14.9 Å². The topological polar surface area (TPSA) is 61.2 Å². The number of hydrogen-bond donors (Lipinski definition) is 1. The summed E-state index contributed by atoms with van der Waals surface area (Å²) in [5.74, 6) is 0.789. The molecule has 3 rings (SSSR count). The van der Waals surface area contributed by atoms with Gasteiger partial charge in [-0.2, -0.15) is 0 Å². The molecule has 0 aliphatic heterocycles. The molecule has 1 heterocycles. The predicted molar refractivity (Wildman–Crippen MR) is 94.5 cm³/mol. The summed E-state index contributed by atoms with van der Waals surface area (Å²) in [5, 5.41) is 7.45. The van der Waals surface area contributed by atoms with Crippen LogP contribution in [0.15, 0.2) is 53.5 Å². The molecule has 130 valence electrons. The second-order valence-corrected chi connectivity index (χ2v) is 6.05. The van der Waals surface area contributed by atoms with E-state index in [0.29, 0.717) is 23.6 Å². The fraction of sp³-hybridized carbons (Fsp3) is 0.176. The van der Waals surface area contributed by atoms with E-state index in [0.717, 1.165) is 10.0 Å². The van der Waals surface area contributed by atoms with E-state index in [4.69, 9.17) is 9.47 Å². The smallest absolute Gasteiger partial charge is 0.175 e. The first-order chi connectivity index (χ1) is 12.2. The summed E-state index contributed by atoms with van der Waals surface area (Å²) in [4.78, 5) is 0. The van der Waals surface area contributed by atoms with Gasteiger partial charge in [-0.25, -0.2) is 9.07 Å². The zero-order valence-corrected chi connectivity index (χ0v) is 15.0. The molecule has 0 aliphatic rings. The lowest BCUT2D eigenvalue weighted by molar-refractivity contribution is 0.277. The quantitative estimate of drug-likeness (QED) is 0.650. The van der Waals surface area contributed by atoms with Crippen molar-refractivity contribution < 1.29 is 13.9 Å². The molecule has 0 aliphatic carbocycles. The molecule has 0 saturated heterocycles. The zero-order valence-electron chi connectivity index (χ0n) is 13.4. The number of rotatable bonds is 7. The van der Waals surface area contributed by atoms with Gasteiger partial charge in [0.2, 0.25) is 0 Å². The van der Waals surface area contributed by atoms with Crippen molar-refractivity contribution in [2.24, 2.45) is 0 Å². The average Bonchev–Trinajstić information content (AvgIpc) is 3.13. The van der Waals surface area contributed by atoms with Gasteiger partial charge in [0.25, 0.3) is 0 Å². The Morgan fingerprint density at radius 1 is 1.20 bits per heavy atom. The Bertz CT molecular complexity index is 843. The van der Waals surface area contributed by atoms with Crippen molar-refractivity contribution >= 4 is 15.9 Å². The van der Waals surface area contributed by atoms with Crippen LogP contribution in [0.3, 0.4) is 0 Å². The number of benzene rings is 2. The van der Waals surface area contributed by atoms with Gasteiger partial charge in [-0.05, 0) is 39.7 Å². The Labute approximate surface area is 152 Å². The Balaban J connectivity index is 1.74. The molecule has 0 radical (unpaired) electrons. The third kappa shape index (κ3) is 4.27. The van der Waals surface area contributed by atoms with Crippen molar-refractivity contribution in [1.29, 1.82) is 0 Å². The molecule has 0 unspecified atom stereocenters. The van der Waals surface area contributed by atoms with E-state index in [1.165, 1.54) is 6.07 Å². The molecule has 0 saturated carbocycles. The van der Waals surface area contributed by atoms with Crippen molar-refractivity contribution in [3.8, 4) is 11.5 Å². The number of nitrogens with one attached hydrogen (secondary N) is 1. The maximum atomic E-state index is 13.7. The van der Waals surface area contributed by atoms with Crippen LogP contribution in [0.25, 0.3) is 0 Å². The van der Waals surface area contributed by atoms with Crippen LogP contribution in [0.1, 0.15) is 11.1 Å². The van der Waals surface area contributed by atoms with Crippen LogP contribution in [-0.2, 0) is 13.2 Å². The molecule has 0 bridgehead atoms. The standard InChI is InChI=1S/C17H16BrFN4O2/c1-24-16-7-12(8-22-23-10-20-21-11-23)6-14(18)17(16)25-9-13-4-2-3-5-15(13)19/h2-7,10-11,22H,8-9H2,1H3. The second kappa shape index (κ2) is 7.98. The summed E-state index contributed by atoms with van der Waals surface area (Å²) in [7, 11) is 1.56. The first-order valence-corrected chi connectivity index (χ1v) is 8.28. The van der Waals surface area contributed by atoms with Gasteiger partial charge in [0.1, 0.15) is 25.1 Å². The third-order valence-electron chi connectivity index (χ3n) is 3.50.